The van der Waals surface area contributed by atoms with Crippen LogP contribution in [0, 0.1) is 29.1 Å². The third kappa shape index (κ3) is 4.43. The zero-order valence-electron chi connectivity index (χ0n) is 24.5. The fourth-order valence-electron chi connectivity index (χ4n) is 8.05. The molecule has 220 valence electrons. The van der Waals surface area contributed by atoms with Gasteiger partial charge in [-0.05, 0) is 30.9 Å². The summed E-state index contributed by atoms with van der Waals surface area (Å²) < 4.78 is 12.0. The Balaban J connectivity index is 1.76. The van der Waals surface area contributed by atoms with Gasteiger partial charge in [0.1, 0.15) is 11.7 Å². The molecule has 2 saturated carbocycles. The Labute approximate surface area is 236 Å². The van der Waals surface area contributed by atoms with Gasteiger partial charge in [-0.1, -0.05) is 70.9 Å². The van der Waals surface area contributed by atoms with Gasteiger partial charge in [0.05, 0.1) is 12.2 Å². The first-order chi connectivity index (χ1) is 18.7. The Kier molecular flexibility index (Phi) is 8.13. The normalized spacial score (nSPS) is 39.6. The monoisotopic (exact) mass is 556 g/mol. The molecule has 4 aliphatic carbocycles. The highest BCUT2D eigenvalue weighted by Gasteiger charge is 2.87. The van der Waals surface area contributed by atoms with Crippen molar-refractivity contribution < 1.29 is 39.2 Å². The topological polar surface area (TPSA) is 130 Å². The number of aliphatic hydroxyl groups excluding tert-OH is 1. The average Bonchev–Trinajstić information content (AvgIpc) is 3.31. The highest BCUT2D eigenvalue weighted by molar-refractivity contribution is 6.04. The quantitative estimate of drug-likeness (QED) is 0.129. The van der Waals surface area contributed by atoms with E-state index in [4.69, 9.17) is 9.47 Å². The van der Waals surface area contributed by atoms with E-state index in [1.807, 2.05) is 19.9 Å². The summed E-state index contributed by atoms with van der Waals surface area (Å²) in [7, 11) is 0. The minimum atomic E-state index is -1.95. The van der Waals surface area contributed by atoms with Crippen molar-refractivity contribution in [1.82, 2.24) is 0 Å². The summed E-state index contributed by atoms with van der Waals surface area (Å²) in [6.07, 6.45) is 13.1. The van der Waals surface area contributed by atoms with Gasteiger partial charge in [-0.25, -0.2) is 4.79 Å². The zero-order chi connectivity index (χ0) is 29.7. The second kappa shape index (κ2) is 10.7. The lowest BCUT2D eigenvalue weighted by atomic mass is 9.59. The maximum atomic E-state index is 13.2. The summed E-state index contributed by atoms with van der Waals surface area (Å²) in [6, 6.07) is 0. The number of rotatable bonds is 9. The molecular weight excluding hydrogens is 512 g/mol. The summed E-state index contributed by atoms with van der Waals surface area (Å²) in [5, 5.41) is 34.6. The van der Waals surface area contributed by atoms with Gasteiger partial charge in [0.15, 0.2) is 11.4 Å². The number of esters is 2. The molecule has 0 aliphatic heterocycles. The summed E-state index contributed by atoms with van der Waals surface area (Å²) in [5.74, 6) is -4.73. The molecule has 0 amide bonds. The van der Waals surface area contributed by atoms with Gasteiger partial charge in [0, 0.05) is 48.5 Å². The summed E-state index contributed by atoms with van der Waals surface area (Å²) in [5.41, 5.74) is -4.89. The van der Waals surface area contributed by atoms with Crippen LogP contribution in [0.5, 0.6) is 0 Å². The number of carbonyl (C=O) groups excluding carboxylic acids is 3. The molecule has 0 aromatic carbocycles. The van der Waals surface area contributed by atoms with E-state index in [2.05, 4.69) is 6.92 Å². The third-order valence-electron chi connectivity index (χ3n) is 9.97. The molecule has 8 nitrogen and oxygen atoms in total. The van der Waals surface area contributed by atoms with E-state index in [-0.39, 0.29) is 6.42 Å². The number of carbonyl (C=O) groups is 3. The lowest BCUT2D eigenvalue weighted by Gasteiger charge is -2.53. The van der Waals surface area contributed by atoms with Gasteiger partial charge in [-0.15, -0.1) is 0 Å². The van der Waals surface area contributed by atoms with Crippen LogP contribution in [0.1, 0.15) is 73.6 Å². The Morgan fingerprint density at radius 3 is 2.48 bits per heavy atom. The fourth-order valence-corrected chi connectivity index (χ4v) is 8.05. The minimum Gasteiger partial charge on any atom is -0.455 e. The number of ketones is 1. The van der Waals surface area contributed by atoms with Gasteiger partial charge in [-0.3, -0.25) is 9.59 Å². The maximum Gasteiger partial charge on any atom is 0.331 e. The van der Waals surface area contributed by atoms with Crippen molar-refractivity contribution in [2.75, 3.05) is 6.61 Å². The number of unbranched alkanes of at least 4 members (excludes halogenated alkanes) is 3. The smallest absolute Gasteiger partial charge is 0.331 e. The van der Waals surface area contributed by atoms with E-state index in [1.165, 1.54) is 13.0 Å². The SMILES string of the molecule is CCCCC/C=C/C=C/C(=O)O[C@@H]1[C@@H](C)[C@@]2(O)[C@@H](C=C(CO)C[C@]3(O)C(=O)C(C)=C[C@@H]23)C2C(C)(C)[C@@]21OC(C)=O. The van der Waals surface area contributed by atoms with E-state index in [1.54, 1.807) is 38.2 Å². The van der Waals surface area contributed by atoms with E-state index in [0.717, 1.165) is 25.7 Å². The van der Waals surface area contributed by atoms with E-state index in [0.29, 0.717) is 11.1 Å². The second-order valence-electron chi connectivity index (χ2n) is 12.7. The molecule has 4 aliphatic rings. The molecule has 0 aromatic rings. The highest BCUT2D eigenvalue weighted by Crippen LogP contribution is 2.77. The molecule has 0 aromatic heterocycles. The van der Waals surface area contributed by atoms with E-state index in [9.17, 15) is 29.7 Å². The predicted octanol–water partition coefficient (Wildman–Crippen LogP) is 3.74. The van der Waals surface area contributed by atoms with Crippen molar-refractivity contribution in [3.05, 3.63) is 47.6 Å². The molecule has 8 heteroatoms. The number of fused-ring (bicyclic) bond motifs is 5. The van der Waals surface area contributed by atoms with Crippen molar-refractivity contribution in [3.63, 3.8) is 0 Å². The molecule has 2 fully saturated rings. The van der Waals surface area contributed by atoms with Gasteiger partial charge >= 0.3 is 11.9 Å². The van der Waals surface area contributed by atoms with Crippen LogP contribution in [-0.4, -0.2) is 62.6 Å². The fraction of sp³-hybridized carbons (Fsp3) is 0.656. The lowest BCUT2D eigenvalue weighted by molar-refractivity contribution is -0.226. The lowest BCUT2D eigenvalue weighted by Crippen LogP contribution is -2.66. The van der Waals surface area contributed by atoms with Crippen LogP contribution in [0.15, 0.2) is 47.6 Å². The number of aliphatic hydroxyl groups is 3. The molecule has 0 saturated heterocycles. The average molecular weight is 557 g/mol. The first kappa shape index (κ1) is 30.4. The van der Waals surface area contributed by atoms with Crippen LogP contribution >= 0.6 is 0 Å². The number of hydrogen-bond acceptors (Lipinski definition) is 8. The van der Waals surface area contributed by atoms with Gasteiger partial charge in [-0.2, -0.15) is 0 Å². The van der Waals surface area contributed by atoms with E-state index < -0.39 is 76.3 Å². The maximum absolute atomic E-state index is 13.2. The molecular formula is C32H44O8. The van der Waals surface area contributed by atoms with Crippen LogP contribution in [0.4, 0.5) is 0 Å². The standard InChI is InChI=1S/C32H44O8/c1-7-8-9-10-11-12-13-14-25(35)39-28-20(3)31(38)23(26-29(5,6)32(26,28)40-21(4)34)16-22(18-33)17-30(37)24(31)15-19(2)27(30)36/h11-16,20,23-24,26,28,33,37-38H,7-10,17-18H2,1-6H3/b12-11+,14-13+/t20-,23+,24-,26?,28-,30-,31-,32-/m1/s1. The molecule has 0 bridgehead atoms. The first-order valence-corrected chi connectivity index (χ1v) is 14.4. The molecule has 0 spiro atoms. The number of ether oxygens (including phenoxy) is 2. The summed E-state index contributed by atoms with van der Waals surface area (Å²) in [4.78, 5) is 38.7. The molecule has 0 radical (unpaired) electrons. The first-order valence-electron chi connectivity index (χ1n) is 14.4. The third-order valence-corrected chi connectivity index (χ3v) is 9.97. The van der Waals surface area contributed by atoms with Crippen LogP contribution < -0.4 is 0 Å². The van der Waals surface area contributed by atoms with Crippen molar-refractivity contribution in [2.45, 2.75) is 96.6 Å². The molecule has 4 rings (SSSR count). The van der Waals surface area contributed by atoms with Crippen LogP contribution in [0.25, 0.3) is 0 Å². The molecule has 8 atom stereocenters. The van der Waals surface area contributed by atoms with E-state index >= 15 is 0 Å². The van der Waals surface area contributed by atoms with Crippen molar-refractivity contribution in [3.8, 4) is 0 Å². The zero-order valence-corrected chi connectivity index (χ0v) is 24.5. The Morgan fingerprint density at radius 1 is 1.15 bits per heavy atom. The Bertz CT molecular complexity index is 1180. The second-order valence-corrected chi connectivity index (χ2v) is 12.7. The Morgan fingerprint density at radius 2 is 1.85 bits per heavy atom. The van der Waals surface area contributed by atoms with Gasteiger partial charge in [0.2, 0.25) is 0 Å². The van der Waals surface area contributed by atoms with Gasteiger partial charge in [0.25, 0.3) is 0 Å². The molecule has 1 unspecified atom stereocenters. The van der Waals surface area contributed by atoms with Gasteiger partial charge < -0.3 is 24.8 Å². The number of hydrogen-bond donors (Lipinski definition) is 3. The Hall–Kier alpha value is -2.55. The number of Topliss-reactive ketones (excluding diaryl/α,β-unsaturated/α-hetero) is 1. The largest absolute Gasteiger partial charge is 0.455 e. The molecule has 0 heterocycles. The van der Waals surface area contributed by atoms with Crippen LogP contribution in [0.2, 0.25) is 0 Å². The summed E-state index contributed by atoms with van der Waals surface area (Å²) >= 11 is 0. The van der Waals surface area contributed by atoms with Crippen molar-refractivity contribution in [2.24, 2.45) is 29.1 Å². The van der Waals surface area contributed by atoms with Crippen molar-refractivity contribution in [1.29, 1.82) is 0 Å². The molecule has 3 N–H and O–H groups in total. The van der Waals surface area contributed by atoms with Crippen molar-refractivity contribution >= 4 is 17.7 Å². The molecule has 40 heavy (non-hydrogen) atoms. The summed E-state index contributed by atoms with van der Waals surface area (Å²) in [6.45, 7) is 10.2. The van der Waals surface area contributed by atoms with Crippen LogP contribution in [0.3, 0.4) is 0 Å². The highest BCUT2D eigenvalue weighted by atomic mass is 16.6. The number of allylic oxidation sites excluding steroid dienone is 3. The minimum absolute atomic E-state index is 0.127. The van der Waals surface area contributed by atoms with Crippen LogP contribution in [-0.2, 0) is 23.9 Å². The predicted molar refractivity (Wildman–Crippen MR) is 149 cm³/mol.